The van der Waals surface area contributed by atoms with E-state index in [0.29, 0.717) is 5.69 Å². The van der Waals surface area contributed by atoms with E-state index in [1.165, 1.54) is 0 Å². The molecule has 8 heteroatoms. The molecule has 0 aromatic heterocycles. The molecule has 0 aliphatic heterocycles. The number of benzene rings is 1. The number of hydrogen-bond donors (Lipinski definition) is 2. The smallest absolute Gasteiger partial charge is 0.360 e. The van der Waals surface area contributed by atoms with E-state index in [0.717, 1.165) is 11.1 Å². The molecule has 0 saturated heterocycles. The Bertz CT molecular complexity index is 771. The highest BCUT2D eigenvalue weighted by molar-refractivity contribution is 6.44. The van der Waals surface area contributed by atoms with Crippen molar-refractivity contribution >= 4 is 23.3 Å². The van der Waals surface area contributed by atoms with Crippen LogP contribution < -0.4 is 11.2 Å². The van der Waals surface area contributed by atoms with Crippen LogP contribution in [0.5, 0.6) is 0 Å². The van der Waals surface area contributed by atoms with Crippen LogP contribution in [-0.4, -0.2) is 30.9 Å². The molecule has 0 saturated carbocycles. The molecule has 138 valence electrons. The van der Waals surface area contributed by atoms with Gasteiger partial charge >= 0.3 is 11.9 Å². The minimum atomic E-state index is -0.934. The van der Waals surface area contributed by atoms with Gasteiger partial charge in [0.1, 0.15) is 6.07 Å². The van der Waals surface area contributed by atoms with E-state index in [1.807, 2.05) is 32.0 Å². The minimum Gasteiger partial charge on any atom is -0.462 e. The predicted molar refractivity (Wildman–Crippen MR) is 97.1 cm³/mol. The molecule has 0 radical (unpaired) electrons. The zero-order valence-corrected chi connectivity index (χ0v) is 15.3. The summed E-state index contributed by atoms with van der Waals surface area (Å²) < 4.78 is 9.68. The van der Waals surface area contributed by atoms with Crippen LogP contribution >= 0.6 is 0 Å². The van der Waals surface area contributed by atoms with Gasteiger partial charge in [-0.05, 0) is 51.0 Å². The number of hydrogen-bond acceptors (Lipinski definition) is 8. The van der Waals surface area contributed by atoms with Crippen LogP contribution in [0.1, 0.15) is 25.0 Å². The van der Waals surface area contributed by atoms with Crippen molar-refractivity contribution < 1.29 is 19.1 Å². The number of nitrogens with one attached hydrogen (secondary N) is 1. The molecule has 0 spiro atoms. The fourth-order valence-corrected chi connectivity index (χ4v) is 2.11. The van der Waals surface area contributed by atoms with Crippen molar-refractivity contribution in [1.82, 2.24) is 0 Å². The van der Waals surface area contributed by atoms with Gasteiger partial charge < -0.3 is 15.2 Å². The van der Waals surface area contributed by atoms with Gasteiger partial charge in [0.25, 0.3) is 0 Å². The van der Waals surface area contributed by atoms with Crippen molar-refractivity contribution in [2.75, 3.05) is 18.6 Å². The lowest BCUT2D eigenvalue weighted by Gasteiger charge is -2.10. The third-order valence-electron chi connectivity index (χ3n) is 3.10. The molecule has 0 fully saturated rings. The molecule has 0 atom stereocenters. The minimum absolute atomic E-state index is 0.0595. The number of ether oxygens (including phenoxy) is 2. The summed E-state index contributed by atoms with van der Waals surface area (Å²) in [5, 5.41) is 13.2. The summed E-state index contributed by atoms with van der Waals surface area (Å²) in [6.07, 6.45) is 0. The number of hydrazone groups is 1. The monoisotopic (exact) mass is 358 g/mol. The maximum atomic E-state index is 12.2. The second kappa shape index (κ2) is 9.84. The fraction of sp³-hybridized carbons (Fsp3) is 0.333. The maximum absolute atomic E-state index is 12.2. The second-order valence-corrected chi connectivity index (χ2v) is 5.29. The molecule has 0 amide bonds. The van der Waals surface area contributed by atoms with E-state index in [1.54, 1.807) is 19.9 Å². The van der Waals surface area contributed by atoms with Crippen LogP contribution in [0, 0.1) is 25.2 Å². The molecule has 3 N–H and O–H groups in total. The number of carbonyl (C=O) groups is 2. The first-order chi connectivity index (χ1) is 12.3. The standard InChI is InChI=1S/C18H22N4O4/c1-5-25-17(23)14(10-19)15(20)16(18(24)26-6-2)22-21-13-8-11(3)7-12(4)9-13/h7-9,21H,5-6,20H2,1-4H3. The Balaban J connectivity index is 3.32. The van der Waals surface area contributed by atoms with Gasteiger partial charge in [-0.25, -0.2) is 9.59 Å². The average molecular weight is 358 g/mol. The highest BCUT2D eigenvalue weighted by Crippen LogP contribution is 2.14. The molecule has 0 aliphatic rings. The van der Waals surface area contributed by atoms with Gasteiger partial charge in [0, 0.05) is 0 Å². The van der Waals surface area contributed by atoms with Crippen LogP contribution in [0.15, 0.2) is 34.6 Å². The van der Waals surface area contributed by atoms with E-state index in [2.05, 4.69) is 10.5 Å². The lowest BCUT2D eigenvalue weighted by atomic mass is 10.1. The van der Waals surface area contributed by atoms with Crippen LogP contribution in [0.4, 0.5) is 5.69 Å². The van der Waals surface area contributed by atoms with Crippen molar-refractivity contribution in [2.24, 2.45) is 10.8 Å². The van der Waals surface area contributed by atoms with E-state index >= 15 is 0 Å². The predicted octanol–water partition coefficient (Wildman–Crippen LogP) is 1.93. The summed E-state index contributed by atoms with van der Waals surface area (Å²) >= 11 is 0. The van der Waals surface area contributed by atoms with Gasteiger partial charge in [0.15, 0.2) is 11.3 Å². The molecule has 26 heavy (non-hydrogen) atoms. The summed E-state index contributed by atoms with van der Waals surface area (Å²) in [4.78, 5) is 24.0. The topological polar surface area (TPSA) is 127 Å². The summed E-state index contributed by atoms with van der Waals surface area (Å²) in [5.41, 5.74) is 9.85. The Morgan fingerprint density at radius 2 is 1.65 bits per heavy atom. The van der Waals surface area contributed by atoms with Crippen LogP contribution in [0.2, 0.25) is 0 Å². The van der Waals surface area contributed by atoms with Crippen LogP contribution in [0.3, 0.4) is 0 Å². The SMILES string of the molecule is CCOC(=O)C(=NNc1cc(C)cc(C)c1)C(N)=C(C#N)C(=O)OCC. The third kappa shape index (κ3) is 5.63. The summed E-state index contributed by atoms with van der Waals surface area (Å²) in [7, 11) is 0. The summed E-state index contributed by atoms with van der Waals surface area (Å²) in [6, 6.07) is 7.25. The maximum Gasteiger partial charge on any atom is 0.360 e. The number of aryl methyl sites for hydroxylation is 2. The van der Waals surface area contributed by atoms with E-state index in [4.69, 9.17) is 15.2 Å². The Labute approximate surface area is 152 Å². The highest BCUT2D eigenvalue weighted by atomic mass is 16.5. The number of nitrogens with zero attached hydrogens (tertiary/aromatic N) is 2. The summed E-state index contributed by atoms with van der Waals surface area (Å²) in [6.45, 7) is 7.17. The normalized spacial score (nSPS) is 11.9. The molecule has 1 rings (SSSR count). The van der Waals surface area contributed by atoms with Gasteiger partial charge in [-0.15, -0.1) is 0 Å². The van der Waals surface area contributed by atoms with Crippen LogP contribution in [0.25, 0.3) is 0 Å². The van der Waals surface area contributed by atoms with Gasteiger partial charge in [-0.3, -0.25) is 5.43 Å². The molecular formula is C18H22N4O4. The molecule has 8 nitrogen and oxygen atoms in total. The lowest BCUT2D eigenvalue weighted by molar-refractivity contribution is -0.138. The van der Waals surface area contributed by atoms with Crippen molar-refractivity contribution in [3.05, 3.63) is 40.6 Å². The Morgan fingerprint density at radius 3 is 2.15 bits per heavy atom. The second-order valence-electron chi connectivity index (χ2n) is 5.29. The van der Waals surface area contributed by atoms with Crippen molar-refractivity contribution in [3.8, 4) is 6.07 Å². The molecular weight excluding hydrogens is 336 g/mol. The Hall–Kier alpha value is -3.34. The largest absolute Gasteiger partial charge is 0.462 e. The highest BCUT2D eigenvalue weighted by Gasteiger charge is 2.24. The third-order valence-corrected chi connectivity index (χ3v) is 3.10. The van der Waals surface area contributed by atoms with Crippen molar-refractivity contribution in [1.29, 1.82) is 5.26 Å². The first kappa shape index (κ1) is 20.7. The van der Waals surface area contributed by atoms with Crippen molar-refractivity contribution in [3.63, 3.8) is 0 Å². The number of rotatable bonds is 7. The molecule has 0 heterocycles. The Kier molecular flexibility index (Phi) is 7.83. The first-order valence-corrected chi connectivity index (χ1v) is 8.00. The van der Waals surface area contributed by atoms with Gasteiger partial charge in [0.2, 0.25) is 0 Å². The van der Waals surface area contributed by atoms with E-state index in [-0.39, 0.29) is 18.9 Å². The van der Waals surface area contributed by atoms with E-state index < -0.39 is 23.2 Å². The number of esters is 2. The van der Waals surface area contributed by atoms with E-state index in [9.17, 15) is 14.9 Å². The molecule has 1 aromatic rings. The number of anilines is 1. The summed E-state index contributed by atoms with van der Waals surface area (Å²) in [5.74, 6) is -1.80. The number of carbonyl (C=O) groups excluding carboxylic acids is 2. The molecule has 0 unspecified atom stereocenters. The number of nitriles is 1. The van der Waals surface area contributed by atoms with Gasteiger partial charge in [-0.2, -0.15) is 10.4 Å². The molecule has 0 aliphatic carbocycles. The fourth-order valence-electron chi connectivity index (χ4n) is 2.11. The van der Waals surface area contributed by atoms with Gasteiger partial charge in [-0.1, -0.05) is 6.07 Å². The van der Waals surface area contributed by atoms with Gasteiger partial charge in [0.05, 0.1) is 24.6 Å². The van der Waals surface area contributed by atoms with Crippen molar-refractivity contribution in [2.45, 2.75) is 27.7 Å². The number of nitrogens with two attached hydrogens (primary N) is 1. The zero-order chi connectivity index (χ0) is 19.7. The molecule has 0 bridgehead atoms. The lowest BCUT2D eigenvalue weighted by Crippen LogP contribution is -2.28. The first-order valence-electron chi connectivity index (χ1n) is 8.00. The quantitative estimate of drug-likeness (QED) is 0.251. The van der Waals surface area contributed by atoms with Crippen LogP contribution in [-0.2, 0) is 19.1 Å². The average Bonchev–Trinajstić information content (AvgIpc) is 2.55. The Morgan fingerprint density at radius 1 is 1.12 bits per heavy atom. The zero-order valence-electron chi connectivity index (χ0n) is 15.3. The molecule has 1 aromatic carbocycles.